The number of halogens is 2. The Morgan fingerprint density at radius 2 is 1.96 bits per heavy atom. The molecule has 0 unspecified atom stereocenters. The lowest BCUT2D eigenvalue weighted by molar-refractivity contribution is 0.542. The number of sulfonamides is 1. The van der Waals surface area contributed by atoms with E-state index in [9.17, 15) is 17.2 Å². The van der Waals surface area contributed by atoms with Crippen LogP contribution in [0.1, 0.15) is 36.3 Å². The summed E-state index contributed by atoms with van der Waals surface area (Å²) in [6.45, 7) is 0. The molecule has 130 valence electrons. The first-order chi connectivity index (χ1) is 11.4. The lowest BCUT2D eigenvalue weighted by Crippen LogP contribution is -2.15. The van der Waals surface area contributed by atoms with Crippen molar-refractivity contribution in [2.24, 2.45) is 5.92 Å². The minimum absolute atomic E-state index is 0.0976. The summed E-state index contributed by atoms with van der Waals surface area (Å²) in [7, 11) is -3.84. The Labute approximate surface area is 143 Å². The van der Waals surface area contributed by atoms with Gasteiger partial charge in [-0.2, -0.15) is 0 Å². The van der Waals surface area contributed by atoms with Gasteiger partial charge in [-0.25, -0.2) is 17.2 Å². The Hall–Kier alpha value is -1.61. The maximum Gasteiger partial charge on any atom is 0.238 e. The lowest BCUT2D eigenvalue weighted by Gasteiger charge is -2.06. The molecular weight excluding hydrogens is 356 g/mol. The zero-order valence-corrected chi connectivity index (χ0v) is 14.5. The monoisotopic (exact) mass is 373 g/mol. The first kappa shape index (κ1) is 17.2. The molecule has 0 bridgehead atoms. The summed E-state index contributed by atoms with van der Waals surface area (Å²) in [5, 5.41) is 8.83. The van der Waals surface area contributed by atoms with Gasteiger partial charge in [0.2, 0.25) is 15.2 Å². The van der Waals surface area contributed by atoms with Crippen molar-refractivity contribution in [3.63, 3.8) is 0 Å². The number of anilines is 1. The second-order valence-electron chi connectivity index (χ2n) is 5.95. The van der Waals surface area contributed by atoms with Gasteiger partial charge in [0.1, 0.15) is 16.6 Å². The Morgan fingerprint density at radius 1 is 1.21 bits per heavy atom. The van der Waals surface area contributed by atoms with Crippen LogP contribution < -0.4 is 4.72 Å². The molecule has 1 aromatic heterocycles. The number of rotatable bonds is 6. The summed E-state index contributed by atoms with van der Waals surface area (Å²) in [6, 6.07) is 2.81. The highest BCUT2D eigenvalue weighted by molar-refractivity contribution is 7.92. The summed E-state index contributed by atoms with van der Waals surface area (Å²) in [5.41, 5.74) is -0.0976. The second-order valence-corrected chi connectivity index (χ2v) is 8.74. The van der Waals surface area contributed by atoms with Crippen LogP contribution >= 0.6 is 11.3 Å². The highest BCUT2D eigenvalue weighted by Crippen LogP contribution is 2.30. The second kappa shape index (κ2) is 7.10. The smallest absolute Gasteiger partial charge is 0.238 e. The van der Waals surface area contributed by atoms with Crippen LogP contribution in [-0.4, -0.2) is 18.6 Å². The van der Waals surface area contributed by atoms with E-state index in [0.29, 0.717) is 12.0 Å². The van der Waals surface area contributed by atoms with Gasteiger partial charge < -0.3 is 0 Å². The molecule has 3 rings (SSSR count). The van der Waals surface area contributed by atoms with Crippen LogP contribution in [0.3, 0.4) is 0 Å². The fourth-order valence-corrected chi connectivity index (χ4v) is 5.13. The molecule has 1 saturated carbocycles. The highest BCUT2D eigenvalue weighted by atomic mass is 32.2. The molecule has 0 amide bonds. The molecular formula is C15H17F2N3O2S2. The Balaban J connectivity index is 1.64. The average molecular weight is 373 g/mol. The van der Waals surface area contributed by atoms with Gasteiger partial charge in [0.05, 0.1) is 5.75 Å². The van der Waals surface area contributed by atoms with Crippen molar-refractivity contribution in [2.45, 2.75) is 37.9 Å². The van der Waals surface area contributed by atoms with E-state index >= 15 is 0 Å². The fourth-order valence-electron chi connectivity index (χ4n) is 2.85. The molecule has 0 spiro atoms. The molecule has 9 heteroatoms. The molecule has 0 radical (unpaired) electrons. The van der Waals surface area contributed by atoms with Crippen LogP contribution in [0, 0.1) is 17.6 Å². The van der Waals surface area contributed by atoms with Crippen molar-refractivity contribution >= 4 is 26.5 Å². The molecule has 1 N–H and O–H groups in total. The quantitative estimate of drug-likeness (QED) is 0.841. The summed E-state index contributed by atoms with van der Waals surface area (Å²) < 4.78 is 53.0. The first-order valence-electron chi connectivity index (χ1n) is 7.68. The number of nitrogens with zero attached hydrogens (tertiary/aromatic N) is 2. The minimum Gasteiger partial charge on any atom is -0.257 e. The fraction of sp³-hybridized carbons (Fsp3) is 0.467. The summed E-state index contributed by atoms with van der Waals surface area (Å²) in [6.07, 6.45) is 5.61. The zero-order valence-electron chi connectivity index (χ0n) is 12.8. The van der Waals surface area contributed by atoms with Gasteiger partial charge in [-0.3, -0.25) is 4.72 Å². The molecule has 5 nitrogen and oxygen atoms in total. The number of aromatic nitrogens is 2. The van der Waals surface area contributed by atoms with E-state index in [1.54, 1.807) is 0 Å². The van der Waals surface area contributed by atoms with E-state index < -0.39 is 27.4 Å². The average Bonchev–Trinajstić information content (AvgIpc) is 3.14. The third kappa shape index (κ3) is 4.47. The number of hydrogen-bond donors (Lipinski definition) is 1. The third-order valence-corrected chi connectivity index (χ3v) is 6.19. The van der Waals surface area contributed by atoms with E-state index in [-0.39, 0.29) is 10.7 Å². The molecule has 0 saturated heterocycles. The van der Waals surface area contributed by atoms with Gasteiger partial charge in [-0.1, -0.05) is 43.1 Å². The number of nitrogens with one attached hydrogen (secondary N) is 1. The van der Waals surface area contributed by atoms with Crippen molar-refractivity contribution in [1.29, 1.82) is 0 Å². The van der Waals surface area contributed by atoms with Crippen LogP contribution in [-0.2, 0) is 22.2 Å². The van der Waals surface area contributed by atoms with Crippen molar-refractivity contribution in [2.75, 3.05) is 4.72 Å². The van der Waals surface area contributed by atoms with Crippen LogP contribution in [0.2, 0.25) is 0 Å². The lowest BCUT2D eigenvalue weighted by atomic mass is 10.1. The van der Waals surface area contributed by atoms with Crippen molar-refractivity contribution in [3.05, 3.63) is 40.4 Å². The Morgan fingerprint density at radius 3 is 2.67 bits per heavy atom. The predicted molar refractivity (Wildman–Crippen MR) is 88.2 cm³/mol. The normalized spacial score (nSPS) is 15.8. The van der Waals surface area contributed by atoms with Crippen molar-refractivity contribution in [3.8, 4) is 0 Å². The summed E-state index contributed by atoms with van der Waals surface area (Å²) >= 11 is 1.20. The van der Waals surface area contributed by atoms with Gasteiger partial charge >= 0.3 is 0 Å². The molecule has 2 aromatic rings. The molecule has 1 heterocycles. The largest absolute Gasteiger partial charge is 0.257 e. The maximum absolute atomic E-state index is 13.6. The molecule has 1 fully saturated rings. The van der Waals surface area contributed by atoms with Crippen LogP contribution in [0.4, 0.5) is 13.9 Å². The molecule has 1 aliphatic rings. The van der Waals surface area contributed by atoms with Crippen molar-refractivity contribution < 1.29 is 17.2 Å². The maximum atomic E-state index is 13.6. The topological polar surface area (TPSA) is 72.0 Å². The van der Waals surface area contributed by atoms with Crippen LogP contribution in [0.15, 0.2) is 18.2 Å². The minimum atomic E-state index is -3.84. The molecule has 1 aromatic carbocycles. The number of hydrogen-bond acceptors (Lipinski definition) is 5. The Bertz CT molecular complexity index is 818. The van der Waals surface area contributed by atoms with Gasteiger partial charge in [-0.05, 0) is 12.0 Å². The molecule has 0 atom stereocenters. The van der Waals surface area contributed by atoms with Gasteiger partial charge in [-0.15, -0.1) is 10.2 Å². The predicted octanol–water partition coefficient (Wildman–Crippen LogP) is 3.49. The molecule has 24 heavy (non-hydrogen) atoms. The van der Waals surface area contributed by atoms with Crippen LogP contribution in [0.25, 0.3) is 0 Å². The standard InChI is InChI=1S/C15H17F2N3O2S2/c16-12-6-5-11(13(17)8-12)9-24(21,22)20-15-19-18-14(23-15)7-10-3-1-2-4-10/h5-6,8,10H,1-4,7,9H2,(H,19,20). The Kier molecular flexibility index (Phi) is 5.09. The zero-order chi connectivity index (χ0) is 17.2. The van der Waals surface area contributed by atoms with E-state index in [1.165, 1.54) is 37.0 Å². The van der Waals surface area contributed by atoms with E-state index in [0.717, 1.165) is 23.6 Å². The van der Waals surface area contributed by atoms with Gasteiger partial charge in [0.15, 0.2) is 0 Å². The van der Waals surface area contributed by atoms with E-state index in [4.69, 9.17) is 0 Å². The van der Waals surface area contributed by atoms with Crippen LogP contribution in [0.5, 0.6) is 0 Å². The molecule has 0 aliphatic heterocycles. The van der Waals surface area contributed by atoms with Gasteiger partial charge in [0, 0.05) is 18.1 Å². The number of benzene rings is 1. The highest BCUT2D eigenvalue weighted by Gasteiger charge is 2.20. The summed E-state index contributed by atoms with van der Waals surface area (Å²) in [5.74, 6) is -1.63. The third-order valence-electron chi connectivity index (χ3n) is 4.01. The van der Waals surface area contributed by atoms with E-state index in [1.807, 2.05) is 0 Å². The SMILES string of the molecule is O=S(=O)(Cc1ccc(F)cc1F)Nc1nnc(CC2CCCC2)s1. The summed E-state index contributed by atoms with van der Waals surface area (Å²) in [4.78, 5) is 0. The first-order valence-corrected chi connectivity index (χ1v) is 10.1. The van der Waals surface area contributed by atoms with Gasteiger partial charge in [0.25, 0.3) is 0 Å². The van der Waals surface area contributed by atoms with E-state index in [2.05, 4.69) is 14.9 Å². The molecule has 1 aliphatic carbocycles. The van der Waals surface area contributed by atoms with Crippen molar-refractivity contribution in [1.82, 2.24) is 10.2 Å².